The zero-order valence-electron chi connectivity index (χ0n) is 12.5. The predicted octanol–water partition coefficient (Wildman–Crippen LogP) is 1.42. The molecule has 8 heteroatoms. The topological polar surface area (TPSA) is 84.7 Å². The van der Waals surface area contributed by atoms with Crippen molar-refractivity contribution in [3.63, 3.8) is 0 Å². The van der Waals surface area contributed by atoms with E-state index < -0.39 is 6.61 Å². The highest BCUT2D eigenvalue weighted by Gasteiger charge is 2.25. The van der Waals surface area contributed by atoms with E-state index in [1.54, 1.807) is 0 Å². The van der Waals surface area contributed by atoms with E-state index in [0.29, 0.717) is 12.2 Å². The number of nitrogens with one attached hydrogen (secondary N) is 1. The standard InChI is InChI=1S/C15H19F2N3O3/c16-15(17)23-12-5-3-11(4-6-12)19-13(21)9-20-7-1-2-10(8-20)14(18)22/h3-6,10,15H,1-2,7-9H2,(H2,18,22)(H,19,21)/t10-/m1/s1. The summed E-state index contributed by atoms with van der Waals surface area (Å²) in [6.07, 6.45) is 1.57. The highest BCUT2D eigenvalue weighted by atomic mass is 19.3. The van der Waals surface area contributed by atoms with E-state index in [9.17, 15) is 18.4 Å². The maximum absolute atomic E-state index is 12.0. The first kappa shape index (κ1) is 17.1. The van der Waals surface area contributed by atoms with Crippen molar-refractivity contribution in [2.24, 2.45) is 11.7 Å². The lowest BCUT2D eigenvalue weighted by Crippen LogP contribution is -2.44. The van der Waals surface area contributed by atoms with E-state index in [2.05, 4.69) is 10.1 Å². The quantitative estimate of drug-likeness (QED) is 0.828. The molecule has 1 aliphatic heterocycles. The molecule has 126 valence electrons. The second-order valence-corrected chi connectivity index (χ2v) is 5.43. The van der Waals surface area contributed by atoms with Gasteiger partial charge in [0.25, 0.3) is 0 Å². The van der Waals surface area contributed by atoms with Crippen LogP contribution in [0.1, 0.15) is 12.8 Å². The number of primary amides is 1. The summed E-state index contributed by atoms with van der Waals surface area (Å²) in [5.41, 5.74) is 5.79. The van der Waals surface area contributed by atoms with Gasteiger partial charge in [0.15, 0.2) is 0 Å². The van der Waals surface area contributed by atoms with Gasteiger partial charge in [0.2, 0.25) is 11.8 Å². The van der Waals surface area contributed by atoms with E-state index in [1.807, 2.05) is 4.90 Å². The van der Waals surface area contributed by atoms with Gasteiger partial charge in [0, 0.05) is 12.2 Å². The number of carbonyl (C=O) groups is 2. The van der Waals surface area contributed by atoms with Crippen LogP contribution in [-0.4, -0.2) is 43.0 Å². The van der Waals surface area contributed by atoms with Crippen LogP contribution in [0.5, 0.6) is 5.75 Å². The van der Waals surface area contributed by atoms with Crippen molar-refractivity contribution in [2.45, 2.75) is 19.5 Å². The molecule has 0 unspecified atom stereocenters. The van der Waals surface area contributed by atoms with Gasteiger partial charge in [-0.25, -0.2) is 0 Å². The maximum Gasteiger partial charge on any atom is 0.387 e. The first-order chi connectivity index (χ1) is 10.9. The number of carbonyl (C=O) groups excluding carboxylic acids is 2. The van der Waals surface area contributed by atoms with Crippen LogP contribution in [0.2, 0.25) is 0 Å². The number of anilines is 1. The van der Waals surface area contributed by atoms with E-state index >= 15 is 0 Å². The fourth-order valence-corrected chi connectivity index (χ4v) is 2.55. The van der Waals surface area contributed by atoms with E-state index in [0.717, 1.165) is 19.4 Å². The third kappa shape index (κ3) is 5.48. The highest BCUT2D eigenvalue weighted by molar-refractivity contribution is 5.92. The molecule has 0 aliphatic carbocycles. The largest absolute Gasteiger partial charge is 0.435 e. The molecule has 0 radical (unpaired) electrons. The highest BCUT2D eigenvalue weighted by Crippen LogP contribution is 2.18. The molecule has 1 aliphatic rings. The molecule has 1 aromatic carbocycles. The minimum Gasteiger partial charge on any atom is -0.435 e. The first-order valence-corrected chi connectivity index (χ1v) is 7.30. The number of benzene rings is 1. The Hall–Kier alpha value is -2.22. The minimum absolute atomic E-state index is 0.0262. The Kier molecular flexibility index (Phi) is 5.86. The molecule has 3 N–H and O–H groups in total. The van der Waals surface area contributed by atoms with Gasteiger partial charge in [-0.15, -0.1) is 0 Å². The molecule has 1 atom stereocenters. The Labute approximate surface area is 132 Å². The normalized spacial score (nSPS) is 18.7. The summed E-state index contributed by atoms with van der Waals surface area (Å²) >= 11 is 0. The van der Waals surface area contributed by atoms with Crippen molar-refractivity contribution in [3.8, 4) is 5.75 Å². The molecule has 2 amide bonds. The van der Waals surface area contributed by atoms with E-state index in [1.165, 1.54) is 24.3 Å². The monoisotopic (exact) mass is 327 g/mol. The molecular formula is C15H19F2N3O3. The molecular weight excluding hydrogens is 308 g/mol. The van der Waals surface area contributed by atoms with E-state index in [-0.39, 0.29) is 30.0 Å². The Morgan fingerprint density at radius 1 is 1.35 bits per heavy atom. The zero-order valence-corrected chi connectivity index (χ0v) is 12.5. The van der Waals surface area contributed by atoms with Gasteiger partial charge in [-0.2, -0.15) is 8.78 Å². The van der Waals surface area contributed by atoms with Gasteiger partial charge >= 0.3 is 6.61 Å². The molecule has 1 saturated heterocycles. The van der Waals surface area contributed by atoms with E-state index in [4.69, 9.17) is 5.73 Å². The van der Waals surface area contributed by atoms with Crippen molar-refractivity contribution in [1.29, 1.82) is 0 Å². The van der Waals surface area contributed by atoms with Crippen LogP contribution >= 0.6 is 0 Å². The second kappa shape index (κ2) is 7.87. The molecule has 2 rings (SSSR count). The number of ether oxygens (including phenoxy) is 1. The van der Waals surface area contributed by atoms with Crippen LogP contribution in [0.25, 0.3) is 0 Å². The molecule has 0 saturated carbocycles. The number of halogens is 2. The fourth-order valence-electron chi connectivity index (χ4n) is 2.55. The number of piperidine rings is 1. The van der Waals surface area contributed by atoms with Gasteiger partial charge in [-0.3, -0.25) is 14.5 Å². The SMILES string of the molecule is NC(=O)[C@@H]1CCCN(CC(=O)Nc2ccc(OC(F)F)cc2)C1. The van der Waals surface area contributed by atoms with Crippen LogP contribution < -0.4 is 15.8 Å². The summed E-state index contributed by atoms with van der Waals surface area (Å²) in [5.74, 6) is -0.775. The number of likely N-dealkylation sites (tertiary alicyclic amines) is 1. The smallest absolute Gasteiger partial charge is 0.387 e. The fraction of sp³-hybridized carbons (Fsp3) is 0.467. The van der Waals surface area contributed by atoms with Gasteiger partial charge in [0.05, 0.1) is 12.5 Å². The summed E-state index contributed by atoms with van der Waals surface area (Å²) in [6.45, 7) is -1.52. The Morgan fingerprint density at radius 2 is 2.04 bits per heavy atom. The Bertz CT molecular complexity index is 551. The van der Waals surface area contributed by atoms with Crippen molar-refractivity contribution >= 4 is 17.5 Å². The lowest BCUT2D eigenvalue weighted by molar-refractivity contribution is -0.125. The van der Waals surface area contributed by atoms with Gasteiger partial charge in [-0.1, -0.05) is 0 Å². The minimum atomic E-state index is -2.88. The van der Waals surface area contributed by atoms with Crippen LogP contribution in [0.4, 0.5) is 14.5 Å². The molecule has 1 heterocycles. The second-order valence-electron chi connectivity index (χ2n) is 5.43. The molecule has 0 spiro atoms. The summed E-state index contributed by atoms with van der Waals surface area (Å²) < 4.78 is 28.3. The molecule has 0 aromatic heterocycles. The Morgan fingerprint density at radius 3 is 2.65 bits per heavy atom. The lowest BCUT2D eigenvalue weighted by Gasteiger charge is -2.30. The van der Waals surface area contributed by atoms with Crippen molar-refractivity contribution in [3.05, 3.63) is 24.3 Å². The van der Waals surface area contributed by atoms with Crippen LogP contribution in [0.15, 0.2) is 24.3 Å². The summed E-state index contributed by atoms with van der Waals surface area (Å²) in [7, 11) is 0. The number of alkyl halides is 2. The van der Waals surface area contributed by atoms with Crippen molar-refractivity contribution < 1.29 is 23.1 Å². The average molecular weight is 327 g/mol. The third-order valence-electron chi connectivity index (χ3n) is 3.64. The number of nitrogens with two attached hydrogens (primary N) is 1. The Balaban J connectivity index is 1.83. The number of rotatable bonds is 6. The first-order valence-electron chi connectivity index (χ1n) is 7.30. The third-order valence-corrected chi connectivity index (χ3v) is 3.64. The summed E-state index contributed by atoms with van der Waals surface area (Å²) in [5, 5.41) is 2.67. The molecule has 0 bridgehead atoms. The summed E-state index contributed by atoms with van der Waals surface area (Å²) in [6, 6.07) is 5.67. The number of nitrogens with zero attached hydrogens (tertiary/aromatic N) is 1. The zero-order chi connectivity index (χ0) is 16.8. The molecule has 6 nitrogen and oxygen atoms in total. The van der Waals surface area contributed by atoms with Crippen LogP contribution in [0.3, 0.4) is 0 Å². The van der Waals surface area contributed by atoms with Crippen LogP contribution in [-0.2, 0) is 9.59 Å². The van der Waals surface area contributed by atoms with Gasteiger partial charge in [-0.05, 0) is 43.7 Å². The number of amides is 2. The lowest BCUT2D eigenvalue weighted by atomic mass is 9.97. The summed E-state index contributed by atoms with van der Waals surface area (Å²) in [4.78, 5) is 25.1. The average Bonchev–Trinajstić information content (AvgIpc) is 2.49. The van der Waals surface area contributed by atoms with Gasteiger partial charge in [0.1, 0.15) is 5.75 Å². The number of hydrogen-bond acceptors (Lipinski definition) is 4. The van der Waals surface area contributed by atoms with Crippen molar-refractivity contribution in [2.75, 3.05) is 25.0 Å². The van der Waals surface area contributed by atoms with Crippen molar-refractivity contribution in [1.82, 2.24) is 4.90 Å². The molecule has 1 aromatic rings. The molecule has 1 fully saturated rings. The number of hydrogen-bond donors (Lipinski definition) is 2. The van der Waals surface area contributed by atoms with Gasteiger partial charge < -0.3 is 15.8 Å². The predicted molar refractivity (Wildman–Crippen MR) is 80.1 cm³/mol. The maximum atomic E-state index is 12.0. The van der Waals surface area contributed by atoms with Crippen LogP contribution in [0, 0.1) is 5.92 Å². The molecule has 23 heavy (non-hydrogen) atoms.